The first-order valence-corrected chi connectivity index (χ1v) is 10.7. The molecule has 0 radical (unpaired) electrons. The van der Waals surface area contributed by atoms with Crippen molar-refractivity contribution >= 4 is 33.2 Å². The van der Waals surface area contributed by atoms with E-state index in [0.717, 1.165) is 5.56 Å². The topological polar surface area (TPSA) is 93.7 Å². The summed E-state index contributed by atoms with van der Waals surface area (Å²) in [4.78, 5) is 12.2. The lowest BCUT2D eigenvalue weighted by Crippen LogP contribution is -2.26. The monoisotopic (exact) mass is 424 g/mol. The Morgan fingerprint density at radius 2 is 1.86 bits per heavy atom. The summed E-state index contributed by atoms with van der Waals surface area (Å²) in [5.74, 6) is 0.729. The van der Waals surface area contributed by atoms with Gasteiger partial charge in [-0.3, -0.25) is 4.79 Å². The van der Waals surface area contributed by atoms with E-state index in [1.165, 1.54) is 12.1 Å². The number of ether oxygens (including phenoxy) is 2. The van der Waals surface area contributed by atoms with Crippen molar-refractivity contribution in [3.63, 3.8) is 0 Å². The van der Waals surface area contributed by atoms with E-state index in [2.05, 4.69) is 10.0 Å². The Kier molecular flexibility index (Phi) is 6.43. The minimum Gasteiger partial charge on any atom is -0.486 e. The fraction of sp³-hybridized carbons (Fsp3) is 0.316. The van der Waals surface area contributed by atoms with Crippen molar-refractivity contribution in [3.8, 4) is 11.5 Å². The first-order valence-electron chi connectivity index (χ1n) is 8.80. The first kappa shape index (κ1) is 20.4. The lowest BCUT2D eigenvalue weighted by Gasteiger charge is -2.18. The summed E-state index contributed by atoms with van der Waals surface area (Å²) in [6, 6.07) is 9.72. The third kappa shape index (κ3) is 5.15. The zero-order chi connectivity index (χ0) is 20.1. The average Bonchev–Trinajstić information content (AvgIpc) is 2.68. The molecule has 2 N–H and O–H groups in total. The molecule has 1 heterocycles. The van der Waals surface area contributed by atoms with Crippen molar-refractivity contribution in [2.45, 2.75) is 24.7 Å². The number of sulfonamides is 1. The average molecular weight is 425 g/mol. The van der Waals surface area contributed by atoms with E-state index in [-0.39, 0.29) is 23.8 Å². The summed E-state index contributed by atoms with van der Waals surface area (Å²) in [6.45, 7) is 2.82. The third-order valence-electron chi connectivity index (χ3n) is 4.17. The van der Waals surface area contributed by atoms with Crippen molar-refractivity contribution in [2.75, 3.05) is 25.1 Å². The van der Waals surface area contributed by atoms with Gasteiger partial charge in [0.2, 0.25) is 15.9 Å². The van der Waals surface area contributed by atoms with Crippen LogP contribution in [-0.4, -0.2) is 34.1 Å². The van der Waals surface area contributed by atoms with Crippen molar-refractivity contribution in [1.29, 1.82) is 0 Å². The van der Waals surface area contributed by atoms with Crippen LogP contribution in [0.25, 0.3) is 0 Å². The molecule has 28 heavy (non-hydrogen) atoms. The second-order valence-corrected chi connectivity index (χ2v) is 8.52. The molecule has 0 fully saturated rings. The number of amides is 1. The van der Waals surface area contributed by atoms with Crippen LogP contribution in [0.3, 0.4) is 0 Å². The lowest BCUT2D eigenvalue weighted by atomic mass is 10.2. The van der Waals surface area contributed by atoms with Crippen LogP contribution in [0.2, 0.25) is 5.02 Å². The molecule has 1 aliphatic rings. The molecule has 150 valence electrons. The normalized spacial score (nSPS) is 13.2. The number of benzene rings is 2. The van der Waals surface area contributed by atoms with Crippen LogP contribution in [0, 0.1) is 6.92 Å². The van der Waals surface area contributed by atoms with Gasteiger partial charge in [-0.05, 0) is 43.2 Å². The molecule has 0 unspecified atom stereocenters. The Balaban J connectivity index is 1.50. The molecule has 0 spiro atoms. The number of hydrogen-bond donors (Lipinski definition) is 2. The molecular weight excluding hydrogens is 404 g/mol. The van der Waals surface area contributed by atoms with Crippen LogP contribution < -0.4 is 19.5 Å². The first-order chi connectivity index (χ1) is 13.3. The Morgan fingerprint density at radius 3 is 2.64 bits per heavy atom. The number of rotatable bonds is 7. The highest BCUT2D eigenvalue weighted by molar-refractivity contribution is 7.89. The van der Waals surface area contributed by atoms with Gasteiger partial charge in [-0.15, -0.1) is 0 Å². The molecule has 0 aliphatic carbocycles. The SMILES string of the molecule is Cc1ccc(Cl)cc1NC(=O)CCCNS(=O)(=O)c1ccc2c(c1)OCCO2. The minimum atomic E-state index is -3.70. The number of carbonyl (C=O) groups is 1. The molecule has 2 aromatic rings. The van der Waals surface area contributed by atoms with Crippen molar-refractivity contribution < 1.29 is 22.7 Å². The van der Waals surface area contributed by atoms with Crippen LogP contribution >= 0.6 is 11.6 Å². The highest BCUT2D eigenvalue weighted by Crippen LogP contribution is 2.32. The molecule has 0 atom stereocenters. The standard InChI is InChI=1S/C19H21ClN2O5S/c1-13-4-5-14(20)11-16(13)22-19(23)3-2-8-21-28(24,25)15-6-7-17-18(12-15)27-10-9-26-17/h4-7,11-12,21H,2-3,8-10H2,1H3,(H,22,23). The van der Waals surface area contributed by atoms with Gasteiger partial charge < -0.3 is 14.8 Å². The number of fused-ring (bicyclic) bond motifs is 1. The molecule has 9 heteroatoms. The maximum absolute atomic E-state index is 12.4. The maximum atomic E-state index is 12.4. The smallest absolute Gasteiger partial charge is 0.240 e. The zero-order valence-corrected chi connectivity index (χ0v) is 16.9. The van der Waals surface area contributed by atoms with Crippen molar-refractivity contribution in [1.82, 2.24) is 4.72 Å². The molecule has 1 aliphatic heterocycles. The van der Waals surface area contributed by atoms with Gasteiger partial charge in [-0.2, -0.15) is 0 Å². The van der Waals surface area contributed by atoms with Crippen LogP contribution in [0.4, 0.5) is 5.69 Å². The molecule has 3 rings (SSSR count). The summed E-state index contributed by atoms with van der Waals surface area (Å²) in [5, 5.41) is 3.32. The summed E-state index contributed by atoms with van der Waals surface area (Å²) >= 11 is 5.94. The van der Waals surface area contributed by atoms with Crippen LogP contribution in [0.1, 0.15) is 18.4 Å². The molecule has 0 saturated heterocycles. The largest absolute Gasteiger partial charge is 0.486 e. The number of aryl methyl sites for hydroxylation is 1. The minimum absolute atomic E-state index is 0.0933. The van der Waals surface area contributed by atoms with Gasteiger partial charge in [0.15, 0.2) is 11.5 Å². The van der Waals surface area contributed by atoms with Gasteiger partial charge in [-0.1, -0.05) is 17.7 Å². The second kappa shape index (κ2) is 8.81. The molecule has 0 bridgehead atoms. The van der Waals surface area contributed by atoms with Crippen LogP contribution in [-0.2, 0) is 14.8 Å². The number of carbonyl (C=O) groups excluding carboxylic acids is 1. The number of hydrogen-bond acceptors (Lipinski definition) is 5. The fourth-order valence-electron chi connectivity index (χ4n) is 2.67. The Labute approximate surface area is 169 Å². The summed E-state index contributed by atoms with van der Waals surface area (Å²) < 4.78 is 38.1. The summed E-state index contributed by atoms with van der Waals surface area (Å²) in [5.41, 5.74) is 1.55. The Hall–Kier alpha value is -2.29. The van der Waals surface area contributed by atoms with Gasteiger partial charge in [0.25, 0.3) is 0 Å². The Morgan fingerprint density at radius 1 is 1.11 bits per heavy atom. The van der Waals surface area contributed by atoms with E-state index < -0.39 is 10.0 Å². The van der Waals surface area contributed by atoms with Crippen molar-refractivity contribution in [2.24, 2.45) is 0 Å². The van der Waals surface area contributed by atoms with E-state index >= 15 is 0 Å². The van der Waals surface area contributed by atoms with Gasteiger partial charge >= 0.3 is 0 Å². The van der Waals surface area contributed by atoms with Crippen molar-refractivity contribution in [3.05, 3.63) is 47.0 Å². The highest BCUT2D eigenvalue weighted by atomic mass is 35.5. The zero-order valence-electron chi connectivity index (χ0n) is 15.3. The molecule has 2 aromatic carbocycles. The second-order valence-electron chi connectivity index (χ2n) is 6.31. The molecule has 0 saturated carbocycles. The van der Waals surface area contributed by atoms with E-state index in [0.29, 0.717) is 41.8 Å². The number of halogens is 1. The molecule has 7 nitrogen and oxygen atoms in total. The highest BCUT2D eigenvalue weighted by Gasteiger charge is 2.19. The predicted molar refractivity (Wildman–Crippen MR) is 107 cm³/mol. The molecule has 1 amide bonds. The van der Waals surface area contributed by atoms with Gasteiger partial charge in [0, 0.05) is 29.7 Å². The quantitative estimate of drug-likeness (QED) is 0.666. The number of nitrogens with one attached hydrogen (secondary N) is 2. The molecule has 0 aromatic heterocycles. The summed E-state index contributed by atoms with van der Waals surface area (Å²) in [7, 11) is -3.70. The van der Waals surface area contributed by atoms with Gasteiger partial charge in [0.05, 0.1) is 4.90 Å². The van der Waals surface area contributed by atoms with Gasteiger partial charge in [-0.25, -0.2) is 13.1 Å². The predicted octanol–water partition coefficient (Wildman–Crippen LogP) is 3.12. The number of anilines is 1. The van der Waals surface area contributed by atoms with Crippen LogP contribution in [0.15, 0.2) is 41.3 Å². The van der Waals surface area contributed by atoms with Gasteiger partial charge in [0.1, 0.15) is 13.2 Å². The molecular formula is C19H21ClN2O5S. The lowest BCUT2D eigenvalue weighted by molar-refractivity contribution is -0.116. The third-order valence-corrected chi connectivity index (χ3v) is 5.86. The maximum Gasteiger partial charge on any atom is 0.240 e. The fourth-order valence-corrected chi connectivity index (χ4v) is 3.93. The van der Waals surface area contributed by atoms with E-state index in [1.54, 1.807) is 18.2 Å². The van der Waals surface area contributed by atoms with E-state index in [9.17, 15) is 13.2 Å². The Bertz CT molecular complexity index is 978. The van der Waals surface area contributed by atoms with E-state index in [1.807, 2.05) is 13.0 Å². The summed E-state index contributed by atoms with van der Waals surface area (Å²) in [6.07, 6.45) is 0.533. The van der Waals surface area contributed by atoms with Crippen LogP contribution in [0.5, 0.6) is 11.5 Å². The van der Waals surface area contributed by atoms with E-state index in [4.69, 9.17) is 21.1 Å².